The number of nitrogens with zero attached hydrogens (tertiary/aromatic N) is 2. The minimum absolute atomic E-state index is 0.806. The third-order valence-corrected chi connectivity index (χ3v) is 6.02. The zero-order valence-electron chi connectivity index (χ0n) is 13.7. The summed E-state index contributed by atoms with van der Waals surface area (Å²) in [6.07, 6.45) is 1.16. The summed E-state index contributed by atoms with van der Waals surface area (Å²) in [4.78, 5) is 7.62. The van der Waals surface area contributed by atoms with Gasteiger partial charge in [0.1, 0.15) is 0 Å². The molecule has 3 nitrogen and oxygen atoms in total. The van der Waals surface area contributed by atoms with Crippen LogP contribution in [0, 0.1) is 0 Å². The zero-order chi connectivity index (χ0) is 16.4. The lowest BCUT2D eigenvalue weighted by atomic mass is 10.2. The Morgan fingerprint density at radius 3 is 2.62 bits per heavy atom. The number of nitrogens with one attached hydrogen (secondary N) is 1. The number of anilines is 2. The summed E-state index contributed by atoms with van der Waals surface area (Å²) in [5.41, 5.74) is 2.55. The third-order valence-electron chi connectivity index (χ3n) is 4.65. The standard InChI is InChI=1S/C19H22ClN3S/c20-15-6-7-19-17(14-15)23(16-4-1-2-5-18(16)24-19)11-3-10-22-12-8-21-9-13-22/h1-2,4-7,14,21H,3,8-13H2. The van der Waals surface area contributed by atoms with Gasteiger partial charge in [0.15, 0.2) is 0 Å². The maximum absolute atomic E-state index is 6.27. The van der Waals surface area contributed by atoms with Gasteiger partial charge in [-0.3, -0.25) is 0 Å². The van der Waals surface area contributed by atoms with Crippen molar-refractivity contribution in [2.24, 2.45) is 0 Å². The smallest absolute Gasteiger partial charge is 0.0567 e. The molecule has 4 rings (SSSR count). The molecular weight excluding hydrogens is 338 g/mol. The van der Waals surface area contributed by atoms with Crippen molar-refractivity contribution in [3.8, 4) is 0 Å². The fourth-order valence-corrected chi connectivity index (χ4v) is 4.67. The summed E-state index contributed by atoms with van der Waals surface area (Å²) in [5, 5.41) is 4.22. The van der Waals surface area contributed by atoms with Crippen molar-refractivity contribution in [2.45, 2.75) is 16.2 Å². The molecule has 0 saturated carbocycles. The van der Waals surface area contributed by atoms with Crippen LogP contribution in [0.2, 0.25) is 5.02 Å². The average molecular weight is 360 g/mol. The lowest BCUT2D eigenvalue weighted by molar-refractivity contribution is 0.239. The van der Waals surface area contributed by atoms with Crippen LogP contribution in [0.25, 0.3) is 0 Å². The van der Waals surface area contributed by atoms with Gasteiger partial charge in [-0.25, -0.2) is 0 Å². The van der Waals surface area contributed by atoms with Crippen LogP contribution < -0.4 is 10.2 Å². The molecule has 1 N–H and O–H groups in total. The fourth-order valence-electron chi connectivity index (χ4n) is 3.43. The monoisotopic (exact) mass is 359 g/mol. The van der Waals surface area contributed by atoms with Crippen LogP contribution in [0.3, 0.4) is 0 Å². The first-order chi connectivity index (χ1) is 11.8. The van der Waals surface area contributed by atoms with Crippen LogP contribution >= 0.6 is 23.4 Å². The van der Waals surface area contributed by atoms with Gasteiger partial charge in [-0.15, -0.1) is 0 Å². The number of halogens is 1. The minimum atomic E-state index is 0.806. The molecule has 0 atom stereocenters. The molecule has 0 spiro atoms. The molecule has 0 unspecified atom stereocenters. The zero-order valence-corrected chi connectivity index (χ0v) is 15.2. The van der Waals surface area contributed by atoms with Crippen molar-refractivity contribution in [1.82, 2.24) is 10.2 Å². The molecule has 24 heavy (non-hydrogen) atoms. The van der Waals surface area contributed by atoms with E-state index < -0.39 is 0 Å². The van der Waals surface area contributed by atoms with Gasteiger partial charge in [0, 0.05) is 47.5 Å². The van der Waals surface area contributed by atoms with Crippen LogP contribution in [0.1, 0.15) is 6.42 Å². The van der Waals surface area contributed by atoms with E-state index in [-0.39, 0.29) is 0 Å². The van der Waals surface area contributed by atoms with Crippen LogP contribution in [0.4, 0.5) is 11.4 Å². The van der Waals surface area contributed by atoms with Crippen molar-refractivity contribution in [3.63, 3.8) is 0 Å². The van der Waals surface area contributed by atoms with Crippen molar-refractivity contribution in [2.75, 3.05) is 44.2 Å². The highest BCUT2D eigenvalue weighted by atomic mass is 35.5. The molecule has 2 aromatic carbocycles. The maximum atomic E-state index is 6.27. The molecule has 1 saturated heterocycles. The van der Waals surface area contributed by atoms with Gasteiger partial charge in [0.05, 0.1) is 11.4 Å². The Bertz CT molecular complexity index is 716. The Balaban J connectivity index is 1.53. The van der Waals surface area contributed by atoms with Crippen molar-refractivity contribution in [1.29, 1.82) is 0 Å². The SMILES string of the molecule is Clc1ccc2c(c1)N(CCCN1CCNCC1)c1ccccc1S2. The molecule has 2 aliphatic heterocycles. The lowest BCUT2D eigenvalue weighted by Crippen LogP contribution is -2.44. The predicted molar refractivity (Wildman–Crippen MR) is 103 cm³/mol. The van der Waals surface area contributed by atoms with E-state index in [1.54, 1.807) is 0 Å². The Morgan fingerprint density at radius 2 is 1.75 bits per heavy atom. The van der Waals surface area contributed by atoms with E-state index in [1.165, 1.54) is 21.2 Å². The van der Waals surface area contributed by atoms with Crippen molar-refractivity contribution >= 4 is 34.7 Å². The molecule has 126 valence electrons. The van der Waals surface area contributed by atoms with E-state index in [2.05, 4.69) is 51.5 Å². The Morgan fingerprint density at radius 1 is 0.958 bits per heavy atom. The van der Waals surface area contributed by atoms with Gasteiger partial charge in [0.25, 0.3) is 0 Å². The first-order valence-electron chi connectivity index (χ1n) is 8.58. The van der Waals surface area contributed by atoms with E-state index in [0.29, 0.717) is 0 Å². The minimum Gasteiger partial charge on any atom is -0.340 e. The third kappa shape index (κ3) is 3.42. The van der Waals surface area contributed by atoms with Gasteiger partial charge >= 0.3 is 0 Å². The summed E-state index contributed by atoms with van der Waals surface area (Å²) in [7, 11) is 0. The summed E-state index contributed by atoms with van der Waals surface area (Å²) < 4.78 is 0. The molecule has 0 aliphatic carbocycles. The second kappa shape index (κ2) is 7.36. The Kier molecular flexibility index (Phi) is 4.99. The molecule has 1 fully saturated rings. The first-order valence-corrected chi connectivity index (χ1v) is 9.78. The van der Waals surface area contributed by atoms with Crippen LogP contribution in [-0.4, -0.2) is 44.2 Å². The second-order valence-corrected chi connectivity index (χ2v) is 7.80. The number of para-hydroxylation sites is 1. The van der Waals surface area contributed by atoms with Crippen LogP contribution in [0.5, 0.6) is 0 Å². The fraction of sp³-hybridized carbons (Fsp3) is 0.368. The van der Waals surface area contributed by atoms with E-state index >= 15 is 0 Å². The van der Waals surface area contributed by atoms with Gasteiger partial charge in [0.2, 0.25) is 0 Å². The molecule has 2 heterocycles. The molecule has 0 radical (unpaired) electrons. The quantitative estimate of drug-likeness (QED) is 0.879. The molecule has 0 amide bonds. The van der Waals surface area contributed by atoms with Gasteiger partial charge in [-0.1, -0.05) is 35.5 Å². The molecule has 0 aromatic heterocycles. The van der Waals surface area contributed by atoms with E-state index in [9.17, 15) is 0 Å². The number of benzene rings is 2. The normalized spacial score (nSPS) is 17.5. The number of fused-ring (bicyclic) bond motifs is 2. The molecule has 2 aliphatic rings. The lowest BCUT2D eigenvalue weighted by Gasteiger charge is -2.34. The average Bonchev–Trinajstić information content (AvgIpc) is 2.62. The summed E-state index contributed by atoms with van der Waals surface area (Å²) >= 11 is 8.11. The predicted octanol–water partition coefficient (Wildman–Crippen LogP) is 4.24. The number of rotatable bonds is 4. The van der Waals surface area contributed by atoms with E-state index in [0.717, 1.165) is 50.7 Å². The van der Waals surface area contributed by atoms with Crippen LogP contribution in [0.15, 0.2) is 52.3 Å². The topological polar surface area (TPSA) is 18.5 Å². The van der Waals surface area contributed by atoms with Crippen molar-refractivity contribution < 1.29 is 0 Å². The number of piperazine rings is 1. The largest absolute Gasteiger partial charge is 0.340 e. The first kappa shape index (κ1) is 16.3. The van der Waals surface area contributed by atoms with Gasteiger partial charge in [-0.2, -0.15) is 0 Å². The molecule has 2 aromatic rings. The Hall–Kier alpha value is -1.20. The van der Waals surface area contributed by atoms with Crippen molar-refractivity contribution in [3.05, 3.63) is 47.5 Å². The van der Waals surface area contributed by atoms with Crippen LogP contribution in [-0.2, 0) is 0 Å². The van der Waals surface area contributed by atoms with E-state index in [1.807, 2.05) is 17.8 Å². The van der Waals surface area contributed by atoms with E-state index in [4.69, 9.17) is 11.6 Å². The highest BCUT2D eigenvalue weighted by Crippen LogP contribution is 2.48. The highest BCUT2D eigenvalue weighted by molar-refractivity contribution is 7.99. The highest BCUT2D eigenvalue weighted by Gasteiger charge is 2.23. The Labute approximate surface area is 153 Å². The molecule has 5 heteroatoms. The summed E-state index contributed by atoms with van der Waals surface area (Å²) in [5.74, 6) is 0. The number of hydrogen-bond donors (Lipinski definition) is 1. The van der Waals surface area contributed by atoms with Gasteiger partial charge < -0.3 is 15.1 Å². The molecular formula is C19H22ClN3S. The summed E-state index contributed by atoms with van der Waals surface area (Å²) in [6, 6.07) is 14.9. The molecule has 0 bridgehead atoms. The maximum Gasteiger partial charge on any atom is 0.0567 e. The summed E-state index contributed by atoms with van der Waals surface area (Å²) in [6.45, 7) is 6.73. The van der Waals surface area contributed by atoms with Gasteiger partial charge in [-0.05, 0) is 43.3 Å². The number of hydrogen-bond acceptors (Lipinski definition) is 4. The second-order valence-electron chi connectivity index (χ2n) is 6.28.